The standard InChI is InChI=1S/C12H24N2O2/c1-9-8-14(6-5-10(9)7-13)11(15)16-12(2,3)4/h9-10H,5-8,13H2,1-4H3/t9-,10-/m0/s1. The fourth-order valence-corrected chi connectivity index (χ4v) is 2.04. The molecule has 16 heavy (non-hydrogen) atoms. The summed E-state index contributed by atoms with van der Waals surface area (Å²) in [5.41, 5.74) is 5.27. The largest absolute Gasteiger partial charge is 0.444 e. The van der Waals surface area contributed by atoms with Crippen molar-refractivity contribution in [2.75, 3.05) is 19.6 Å². The number of ether oxygens (including phenoxy) is 1. The predicted molar refractivity (Wildman–Crippen MR) is 64.1 cm³/mol. The molecule has 1 rings (SSSR count). The molecule has 1 amide bonds. The highest BCUT2D eigenvalue weighted by molar-refractivity contribution is 5.68. The van der Waals surface area contributed by atoms with Gasteiger partial charge >= 0.3 is 6.09 Å². The van der Waals surface area contributed by atoms with Crippen LogP contribution in [0.25, 0.3) is 0 Å². The highest BCUT2D eigenvalue weighted by atomic mass is 16.6. The van der Waals surface area contributed by atoms with Gasteiger partial charge in [0, 0.05) is 13.1 Å². The van der Waals surface area contributed by atoms with E-state index >= 15 is 0 Å². The molecule has 1 heterocycles. The molecule has 4 nitrogen and oxygen atoms in total. The number of amides is 1. The smallest absolute Gasteiger partial charge is 0.410 e. The Bertz CT molecular complexity index is 248. The number of hydrogen-bond donors (Lipinski definition) is 1. The molecule has 1 saturated heterocycles. The molecule has 1 aliphatic heterocycles. The van der Waals surface area contributed by atoms with Crippen molar-refractivity contribution in [1.82, 2.24) is 4.90 Å². The number of piperidine rings is 1. The first-order valence-electron chi connectivity index (χ1n) is 6.01. The van der Waals surface area contributed by atoms with Crippen LogP contribution in [0, 0.1) is 11.8 Å². The Kier molecular flexibility index (Phi) is 4.19. The molecule has 0 aromatic carbocycles. The maximum absolute atomic E-state index is 11.8. The maximum atomic E-state index is 11.8. The Balaban J connectivity index is 2.48. The van der Waals surface area contributed by atoms with Crippen LogP contribution < -0.4 is 5.73 Å². The van der Waals surface area contributed by atoms with Gasteiger partial charge in [-0.25, -0.2) is 4.79 Å². The molecule has 1 aliphatic rings. The van der Waals surface area contributed by atoms with E-state index in [9.17, 15) is 4.79 Å². The van der Waals surface area contributed by atoms with Crippen LogP contribution in [0.15, 0.2) is 0 Å². The van der Waals surface area contributed by atoms with Gasteiger partial charge in [0.15, 0.2) is 0 Å². The highest BCUT2D eigenvalue weighted by Crippen LogP contribution is 2.23. The minimum absolute atomic E-state index is 0.199. The molecule has 0 saturated carbocycles. The van der Waals surface area contributed by atoms with E-state index in [1.54, 1.807) is 4.90 Å². The zero-order valence-electron chi connectivity index (χ0n) is 10.8. The van der Waals surface area contributed by atoms with E-state index in [1.807, 2.05) is 20.8 Å². The van der Waals surface area contributed by atoms with E-state index in [2.05, 4.69) is 6.92 Å². The van der Waals surface area contributed by atoms with Crippen molar-refractivity contribution in [2.24, 2.45) is 17.6 Å². The normalized spacial score (nSPS) is 26.7. The third-order valence-corrected chi connectivity index (χ3v) is 3.04. The number of carbonyl (C=O) groups excluding carboxylic acids is 1. The third kappa shape index (κ3) is 3.67. The first-order valence-corrected chi connectivity index (χ1v) is 6.01. The van der Waals surface area contributed by atoms with Gasteiger partial charge in [-0.2, -0.15) is 0 Å². The second-order valence-electron chi connectivity index (χ2n) is 5.69. The van der Waals surface area contributed by atoms with Crippen molar-refractivity contribution in [2.45, 2.75) is 39.7 Å². The maximum Gasteiger partial charge on any atom is 0.410 e. The molecule has 0 unspecified atom stereocenters. The van der Waals surface area contributed by atoms with Gasteiger partial charge < -0.3 is 15.4 Å². The molecule has 4 heteroatoms. The molecule has 2 N–H and O–H groups in total. The lowest BCUT2D eigenvalue weighted by atomic mass is 9.87. The SMILES string of the molecule is C[C@H]1CN(C(=O)OC(C)(C)C)CC[C@H]1CN. The zero-order valence-corrected chi connectivity index (χ0v) is 10.8. The van der Waals surface area contributed by atoms with E-state index in [0.717, 1.165) is 19.5 Å². The lowest BCUT2D eigenvalue weighted by Crippen LogP contribution is -2.46. The van der Waals surface area contributed by atoms with E-state index < -0.39 is 5.60 Å². The summed E-state index contributed by atoms with van der Waals surface area (Å²) >= 11 is 0. The van der Waals surface area contributed by atoms with Gasteiger partial charge in [-0.1, -0.05) is 6.92 Å². The number of nitrogens with two attached hydrogens (primary N) is 1. The Hall–Kier alpha value is -0.770. The fourth-order valence-electron chi connectivity index (χ4n) is 2.04. The van der Waals surface area contributed by atoms with Crippen LogP contribution in [-0.2, 0) is 4.74 Å². The Morgan fingerprint density at radius 3 is 2.56 bits per heavy atom. The summed E-state index contributed by atoms with van der Waals surface area (Å²) in [5, 5.41) is 0. The van der Waals surface area contributed by atoms with Crippen molar-refractivity contribution in [3.05, 3.63) is 0 Å². The molecule has 94 valence electrons. The number of carbonyl (C=O) groups is 1. The average molecular weight is 228 g/mol. The topological polar surface area (TPSA) is 55.6 Å². The summed E-state index contributed by atoms with van der Waals surface area (Å²) in [6, 6.07) is 0. The second-order valence-corrected chi connectivity index (χ2v) is 5.69. The Morgan fingerprint density at radius 1 is 1.50 bits per heavy atom. The predicted octanol–water partition coefficient (Wildman–Crippen LogP) is 1.84. The van der Waals surface area contributed by atoms with Gasteiger partial charge in [0.25, 0.3) is 0 Å². The van der Waals surface area contributed by atoms with E-state index in [4.69, 9.17) is 10.5 Å². The minimum atomic E-state index is -0.412. The van der Waals surface area contributed by atoms with Gasteiger partial charge in [0.1, 0.15) is 5.60 Å². The summed E-state index contributed by atoms with van der Waals surface area (Å²) < 4.78 is 5.35. The van der Waals surface area contributed by atoms with Crippen LogP contribution >= 0.6 is 0 Å². The monoisotopic (exact) mass is 228 g/mol. The molecule has 2 atom stereocenters. The third-order valence-electron chi connectivity index (χ3n) is 3.04. The first-order chi connectivity index (χ1) is 7.33. The lowest BCUT2D eigenvalue weighted by Gasteiger charge is -2.37. The van der Waals surface area contributed by atoms with Crippen LogP contribution in [0.5, 0.6) is 0 Å². The van der Waals surface area contributed by atoms with E-state index in [0.29, 0.717) is 18.4 Å². The van der Waals surface area contributed by atoms with Crippen molar-refractivity contribution in [1.29, 1.82) is 0 Å². The van der Waals surface area contributed by atoms with Crippen LogP contribution in [-0.4, -0.2) is 36.2 Å². The minimum Gasteiger partial charge on any atom is -0.444 e. The first kappa shape index (κ1) is 13.3. The molecular weight excluding hydrogens is 204 g/mol. The summed E-state index contributed by atoms with van der Waals surface area (Å²) in [5.74, 6) is 1.00. The second kappa shape index (κ2) is 5.04. The molecule has 0 bridgehead atoms. The lowest BCUT2D eigenvalue weighted by molar-refractivity contribution is 0.0122. The van der Waals surface area contributed by atoms with Crippen LogP contribution in [0.2, 0.25) is 0 Å². The molecule has 0 aromatic heterocycles. The highest BCUT2D eigenvalue weighted by Gasteiger charge is 2.30. The van der Waals surface area contributed by atoms with Gasteiger partial charge in [0.05, 0.1) is 0 Å². The van der Waals surface area contributed by atoms with Crippen molar-refractivity contribution < 1.29 is 9.53 Å². The Morgan fingerprint density at radius 2 is 2.12 bits per heavy atom. The quantitative estimate of drug-likeness (QED) is 0.745. The molecule has 0 spiro atoms. The van der Waals surface area contributed by atoms with Crippen molar-refractivity contribution in [3.63, 3.8) is 0 Å². The molecule has 0 aliphatic carbocycles. The zero-order chi connectivity index (χ0) is 12.3. The summed E-state index contributed by atoms with van der Waals surface area (Å²) in [7, 11) is 0. The van der Waals surface area contributed by atoms with Crippen LogP contribution in [0.3, 0.4) is 0 Å². The average Bonchev–Trinajstić information content (AvgIpc) is 2.15. The van der Waals surface area contributed by atoms with Gasteiger partial charge in [-0.05, 0) is 45.6 Å². The van der Waals surface area contributed by atoms with Gasteiger partial charge in [0.2, 0.25) is 0 Å². The molecule has 1 fully saturated rings. The van der Waals surface area contributed by atoms with E-state index in [1.165, 1.54) is 0 Å². The van der Waals surface area contributed by atoms with Gasteiger partial charge in [-0.3, -0.25) is 0 Å². The van der Waals surface area contributed by atoms with E-state index in [-0.39, 0.29) is 6.09 Å². The number of likely N-dealkylation sites (tertiary alicyclic amines) is 1. The van der Waals surface area contributed by atoms with Crippen molar-refractivity contribution in [3.8, 4) is 0 Å². The van der Waals surface area contributed by atoms with Crippen LogP contribution in [0.1, 0.15) is 34.1 Å². The fraction of sp³-hybridized carbons (Fsp3) is 0.917. The number of rotatable bonds is 1. The summed E-state index contributed by atoms with van der Waals surface area (Å²) in [6.45, 7) is 10.1. The summed E-state index contributed by atoms with van der Waals surface area (Å²) in [6.07, 6.45) is 0.784. The molecule has 0 radical (unpaired) electrons. The van der Waals surface area contributed by atoms with Crippen molar-refractivity contribution >= 4 is 6.09 Å². The molecular formula is C12H24N2O2. The van der Waals surface area contributed by atoms with Gasteiger partial charge in [-0.15, -0.1) is 0 Å². The Labute approximate surface area is 98.1 Å². The number of nitrogens with zero attached hydrogens (tertiary/aromatic N) is 1. The van der Waals surface area contributed by atoms with Crippen LogP contribution in [0.4, 0.5) is 4.79 Å². The summed E-state index contributed by atoms with van der Waals surface area (Å²) in [4.78, 5) is 13.6. The molecule has 0 aromatic rings. The number of hydrogen-bond acceptors (Lipinski definition) is 3.